The molecular formula is C15H11N3O2. The molecular weight excluding hydrogens is 254 g/mol. The fraction of sp³-hybridized carbons (Fsp3) is 0.0667. The Bertz CT molecular complexity index is 713. The van der Waals surface area contributed by atoms with Crippen molar-refractivity contribution in [3.63, 3.8) is 0 Å². The first-order chi connectivity index (χ1) is 9.60. The number of benzene rings is 1. The number of nitrogens with zero attached hydrogens (tertiary/aromatic N) is 3. The second-order valence-corrected chi connectivity index (χ2v) is 4.18. The highest BCUT2D eigenvalue weighted by Crippen LogP contribution is 2.20. The number of rotatable bonds is 3. The molecule has 1 heterocycles. The van der Waals surface area contributed by atoms with Gasteiger partial charge in [-0.15, -0.1) is 0 Å². The van der Waals surface area contributed by atoms with E-state index in [1.54, 1.807) is 24.3 Å². The molecule has 0 atom stereocenters. The van der Waals surface area contributed by atoms with E-state index in [0.29, 0.717) is 16.8 Å². The average Bonchev–Trinajstić information content (AvgIpc) is 2.45. The van der Waals surface area contributed by atoms with Crippen LogP contribution in [0.15, 0.2) is 42.5 Å². The predicted octanol–water partition coefficient (Wildman–Crippen LogP) is 3.36. The summed E-state index contributed by atoms with van der Waals surface area (Å²) >= 11 is 0. The van der Waals surface area contributed by atoms with Gasteiger partial charge in [0.1, 0.15) is 0 Å². The summed E-state index contributed by atoms with van der Waals surface area (Å²) in [5, 5.41) is 19.8. The summed E-state index contributed by atoms with van der Waals surface area (Å²) in [6.07, 6.45) is 1.66. The minimum atomic E-state index is -0.471. The van der Waals surface area contributed by atoms with E-state index in [1.165, 1.54) is 12.1 Å². The number of hydrogen-bond donors (Lipinski definition) is 0. The van der Waals surface area contributed by atoms with Gasteiger partial charge in [0.25, 0.3) is 5.69 Å². The van der Waals surface area contributed by atoms with Crippen molar-refractivity contribution in [2.75, 3.05) is 0 Å². The van der Waals surface area contributed by atoms with Crippen LogP contribution in [-0.4, -0.2) is 9.91 Å². The van der Waals surface area contributed by atoms with Crippen molar-refractivity contribution < 1.29 is 4.92 Å². The Morgan fingerprint density at radius 3 is 2.55 bits per heavy atom. The largest absolute Gasteiger partial charge is 0.269 e. The maximum Gasteiger partial charge on any atom is 0.269 e. The zero-order valence-corrected chi connectivity index (χ0v) is 10.8. The third-order valence-corrected chi connectivity index (χ3v) is 2.71. The molecule has 0 unspecified atom stereocenters. The van der Waals surface area contributed by atoms with Crippen LogP contribution in [0.25, 0.3) is 11.6 Å². The van der Waals surface area contributed by atoms with Crippen LogP contribution >= 0.6 is 0 Å². The molecule has 0 spiro atoms. The number of aromatic nitrogens is 1. The molecule has 0 aliphatic heterocycles. The van der Waals surface area contributed by atoms with E-state index in [9.17, 15) is 15.4 Å². The lowest BCUT2D eigenvalue weighted by atomic mass is 10.1. The first-order valence-electron chi connectivity index (χ1n) is 5.90. The molecule has 5 heteroatoms. The van der Waals surface area contributed by atoms with E-state index in [4.69, 9.17) is 0 Å². The van der Waals surface area contributed by atoms with Gasteiger partial charge in [0.05, 0.1) is 22.3 Å². The number of non-ortho nitro benzene ring substituents is 1. The quantitative estimate of drug-likeness (QED) is 0.484. The Morgan fingerprint density at radius 2 is 2.00 bits per heavy atom. The molecule has 0 saturated heterocycles. The zero-order valence-electron chi connectivity index (χ0n) is 10.8. The zero-order chi connectivity index (χ0) is 14.5. The third kappa shape index (κ3) is 3.06. The fourth-order valence-corrected chi connectivity index (χ4v) is 1.74. The maximum absolute atomic E-state index is 10.6. The summed E-state index contributed by atoms with van der Waals surface area (Å²) in [5.41, 5.74) is 2.58. The van der Waals surface area contributed by atoms with Crippen molar-refractivity contribution in [3.8, 4) is 6.07 Å². The third-order valence-electron chi connectivity index (χ3n) is 2.71. The van der Waals surface area contributed by atoms with Gasteiger partial charge in [0.15, 0.2) is 0 Å². The lowest BCUT2D eigenvalue weighted by molar-refractivity contribution is -0.384. The van der Waals surface area contributed by atoms with Gasteiger partial charge in [-0.05, 0) is 42.8 Å². The van der Waals surface area contributed by atoms with Gasteiger partial charge in [-0.25, -0.2) is 0 Å². The summed E-state index contributed by atoms with van der Waals surface area (Å²) < 4.78 is 0. The van der Waals surface area contributed by atoms with Crippen molar-refractivity contribution in [1.29, 1.82) is 5.26 Å². The summed E-state index contributed by atoms with van der Waals surface area (Å²) in [7, 11) is 0. The van der Waals surface area contributed by atoms with E-state index in [-0.39, 0.29) is 5.69 Å². The molecule has 2 aromatic rings. The highest BCUT2D eigenvalue weighted by molar-refractivity contribution is 5.89. The number of pyridine rings is 1. The Morgan fingerprint density at radius 1 is 1.30 bits per heavy atom. The normalized spacial score (nSPS) is 10.9. The SMILES string of the molecule is Cc1cccc(/C=C(\C#N)c2ccc([N+](=O)[O-])cc2)n1. The van der Waals surface area contributed by atoms with Gasteiger partial charge in [-0.1, -0.05) is 6.07 Å². The van der Waals surface area contributed by atoms with Gasteiger partial charge in [0, 0.05) is 17.8 Å². The molecule has 0 bridgehead atoms. The molecule has 0 amide bonds. The first kappa shape index (κ1) is 13.4. The van der Waals surface area contributed by atoms with Crippen molar-refractivity contribution in [3.05, 3.63) is 69.5 Å². The van der Waals surface area contributed by atoms with Gasteiger partial charge in [-0.3, -0.25) is 15.1 Å². The summed E-state index contributed by atoms with van der Waals surface area (Å²) in [6, 6.07) is 13.5. The van der Waals surface area contributed by atoms with E-state index < -0.39 is 4.92 Å². The smallest absolute Gasteiger partial charge is 0.258 e. The van der Waals surface area contributed by atoms with Gasteiger partial charge in [-0.2, -0.15) is 5.26 Å². The molecule has 0 aliphatic rings. The first-order valence-corrected chi connectivity index (χ1v) is 5.90. The molecule has 98 valence electrons. The molecule has 2 rings (SSSR count). The lowest BCUT2D eigenvalue weighted by Crippen LogP contribution is -1.89. The van der Waals surface area contributed by atoms with Gasteiger partial charge >= 0.3 is 0 Å². The maximum atomic E-state index is 10.6. The molecule has 1 aromatic heterocycles. The standard InChI is InChI=1S/C15H11N3O2/c1-11-3-2-4-14(17-11)9-13(10-16)12-5-7-15(8-6-12)18(19)20/h2-9H,1H3/b13-9+. The Kier molecular flexibility index (Phi) is 3.87. The van der Waals surface area contributed by atoms with Gasteiger partial charge in [0.2, 0.25) is 0 Å². The molecule has 5 nitrogen and oxygen atoms in total. The van der Waals surface area contributed by atoms with E-state index in [2.05, 4.69) is 11.1 Å². The Labute approximate surface area is 116 Å². The summed E-state index contributed by atoms with van der Waals surface area (Å²) in [5.74, 6) is 0. The molecule has 1 aromatic carbocycles. The Hall–Kier alpha value is -3.00. The van der Waals surface area contributed by atoms with E-state index in [1.807, 2.05) is 19.1 Å². The number of nitro benzene ring substituents is 1. The molecule has 0 radical (unpaired) electrons. The van der Waals surface area contributed by atoms with Crippen LogP contribution in [0, 0.1) is 28.4 Å². The predicted molar refractivity (Wildman–Crippen MR) is 75.6 cm³/mol. The van der Waals surface area contributed by atoms with Crippen LogP contribution in [0.1, 0.15) is 17.0 Å². The van der Waals surface area contributed by atoms with Crippen LogP contribution in [0.4, 0.5) is 5.69 Å². The topological polar surface area (TPSA) is 79.8 Å². The Balaban J connectivity index is 2.37. The molecule has 0 fully saturated rings. The van der Waals surface area contributed by atoms with Crippen molar-refractivity contribution >= 4 is 17.3 Å². The molecule has 0 N–H and O–H groups in total. The highest BCUT2D eigenvalue weighted by Gasteiger charge is 2.07. The molecule has 20 heavy (non-hydrogen) atoms. The second-order valence-electron chi connectivity index (χ2n) is 4.18. The van der Waals surface area contributed by atoms with E-state index in [0.717, 1.165) is 5.69 Å². The van der Waals surface area contributed by atoms with Crippen LogP contribution in [0.5, 0.6) is 0 Å². The molecule has 0 aliphatic carbocycles. The van der Waals surface area contributed by atoms with Crippen LogP contribution in [0.3, 0.4) is 0 Å². The van der Waals surface area contributed by atoms with Gasteiger partial charge < -0.3 is 0 Å². The number of nitro groups is 1. The highest BCUT2D eigenvalue weighted by atomic mass is 16.6. The van der Waals surface area contributed by atoms with Crippen molar-refractivity contribution in [2.24, 2.45) is 0 Å². The van der Waals surface area contributed by atoms with Crippen molar-refractivity contribution in [1.82, 2.24) is 4.98 Å². The van der Waals surface area contributed by atoms with Crippen LogP contribution in [0.2, 0.25) is 0 Å². The second kappa shape index (κ2) is 5.76. The summed E-state index contributed by atoms with van der Waals surface area (Å²) in [6.45, 7) is 1.87. The average molecular weight is 265 g/mol. The van der Waals surface area contributed by atoms with Crippen LogP contribution < -0.4 is 0 Å². The van der Waals surface area contributed by atoms with Crippen molar-refractivity contribution in [2.45, 2.75) is 6.92 Å². The lowest BCUT2D eigenvalue weighted by Gasteiger charge is -2.00. The minimum absolute atomic E-state index is 0.000259. The van der Waals surface area contributed by atoms with Crippen LogP contribution in [-0.2, 0) is 0 Å². The minimum Gasteiger partial charge on any atom is -0.258 e. The molecule has 0 saturated carbocycles. The number of hydrogen-bond acceptors (Lipinski definition) is 4. The number of aryl methyl sites for hydroxylation is 1. The summed E-state index contributed by atoms with van der Waals surface area (Å²) in [4.78, 5) is 14.4. The van der Waals surface area contributed by atoms with E-state index >= 15 is 0 Å². The number of allylic oxidation sites excluding steroid dienone is 1. The fourth-order valence-electron chi connectivity index (χ4n) is 1.74. The number of nitriles is 1. The monoisotopic (exact) mass is 265 g/mol.